The monoisotopic (exact) mass is 246 g/mol. The van der Waals surface area contributed by atoms with Crippen molar-refractivity contribution in [1.29, 1.82) is 0 Å². The van der Waals surface area contributed by atoms with E-state index in [1.54, 1.807) is 0 Å². The molecule has 0 atom stereocenters. The molecule has 0 spiro atoms. The van der Waals surface area contributed by atoms with Crippen molar-refractivity contribution in [1.82, 2.24) is 15.0 Å². The molecular formula is C12H14N4O2. The SMILES string of the molecule is COc1nc(OC)nc(-c2cccc(CN)c2)n1. The molecule has 1 heterocycles. The molecule has 0 amide bonds. The Morgan fingerprint density at radius 2 is 1.72 bits per heavy atom. The topological polar surface area (TPSA) is 83.2 Å². The van der Waals surface area contributed by atoms with Gasteiger partial charge in [0.1, 0.15) is 0 Å². The minimum absolute atomic E-state index is 0.218. The first-order valence-corrected chi connectivity index (χ1v) is 5.40. The van der Waals surface area contributed by atoms with Gasteiger partial charge in [-0.2, -0.15) is 9.97 Å². The lowest BCUT2D eigenvalue weighted by Crippen LogP contribution is -2.02. The lowest BCUT2D eigenvalue weighted by Gasteiger charge is -2.06. The van der Waals surface area contributed by atoms with Crippen LogP contribution in [0, 0.1) is 0 Å². The minimum atomic E-state index is 0.218. The number of ether oxygens (including phenoxy) is 2. The fraction of sp³-hybridized carbons (Fsp3) is 0.250. The summed E-state index contributed by atoms with van der Waals surface area (Å²) in [5.41, 5.74) is 7.46. The van der Waals surface area contributed by atoms with Gasteiger partial charge in [0.2, 0.25) is 0 Å². The molecule has 0 bridgehead atoms. The Morgan fingerprint density at radius 3 is 2.28 bits per heavy atom. The zero-order valence-corrected chi connectivity index (χ0v) is 10.3. The summed E-state index contributed by atoms with van der Waals surface area (Å²) in [6.45, 7) is 0.465. The van der Waals surface area contributed by atoms with Gasteiger partial charge in [-0.3, -0.25) is 0 Å². The molecule has 0 fully saturated rings. The van der Waals surface area contributed by atoms with Crippen LogP contribution < -0.4 is 15.2 Å². The van der Waals surface area contributed by atoms with Gasteiger partial charge in [-0.25, -0.2) is 0 Å². The van der Waals surface area contributed by atoms with E-state index in [2.05, 4.69) is 15.0 Å². The van der Waals surface area contributed by atoms with Gasteiger partial charge in [-0.05, 0) is 11.6 Å². The zero-order chi connectivity index (χ0) is 13.0. The predicted octanol–water partition coefficient (Wildman–Crippen LogP) is 1.01. The standard InChI is InChI=1S/C12H14N4O2/c1-17-11-14-10(15-12(16-11)18-2)9-5-3-4-8(6-9)7-13/h3-6H,7,13H2,1-2H3. The number of rotatable bonds is 4. The second-order valence-corrected chi connectivity index (χ2v) is 3.54. The smallest absolute Gasteiger partial charge is 0.322 e. The van der Waals surface area contributed by atoms with Crippen LogP contribution in [-0.4, -0.2) is 29.2 Å². The van der Waals surface area contributed by atoms with Crippen molar-refractivity contribution in [2.24, 2.45) is 5.73 Å². The second kappa shape index (κ2) is 5.42. The largest absolute Gasteiger partial charge is 0.467 e. The number of hydrogen-bond acceptors (Lipinski definition) is 6. The van der Waals surface area contributed by atoms with Crippen molar-refractivity contribution < 1.29 is 9.47 Å². The molecule has 1 aromatic heterocycles. The Kier molecular flexibility index (Phi) is 3.69. The van der Waals surface area contributed by atoms with Gasteiger partial charge >= 0.3 is 12.0 Å². The van der Waals surface area contributed by atoms with Crippen LogP contribution in [0.1, 0.15) is 5.56 Å². The Hall–Kier alpha value is -2.21. The molecule has 94 valence electrons. The van der Waals surface area contributed by atoms with Crippen LogP contribution >= 0.6 is 0 Å². The molecule has 0 saturated heterocycles. The predicted molar refractivity (Wildman–Crippen MR) is 66.3 cm³/mol. The highest BCUT2D eigenvalue weighted by Gasteiger charge is 2.09. The second-order valence-electron chi connectivity index (χ2n) is 3.54. The normalized spacial score (nSPS) is 10.2. The van der Waals surface area contributed by atoms with Crippen molar-refractivity contribution in [3.8, 4) is 23.4 Å². The summed E-state index contributed by atoms with van der Waals surface area (Å²) < 4.78 is 10.0. The first-order chi connectivity index (χ1) is 8.76. The van der Waals surface area contributed by atoms with E-state index in [-0.39, 0.29) is 12.0 Å². The van der Waals surface area contributed by atoms with E-state index >= 15 is 0 Å². The van der Waals surface area contributed by atoms with E-state index in [4.69, 9.17) is 15.2 Å². The highest BCUT2D eigenvalue weighted by Crippen LogP contribution is 2.20. The fourth-order valence-corrected chi connectivity index (χ4v) is 1.49. The molecule has 2 N–H and O–H groups in total. The zero-order valence-electron chi connectivity index (χ0n) is 10.3. The van der Waals surface area contributed by atoms with Crippen LogP contribution in [0.25, 0.3) is 11.4 Å². The average molecular weight is 246 g/mol. The van der Waals surface area contributed by atoms with E-state index in [1.165, 1.54) is 14.2 Å². The van der Waals surface area contributed by atoms with Gasteiger partial charge in [0.05, 0.1) is 14.2 Å². The van der Waals surface area contributed by atoms with Gasteiger partial charge in [-0.1, -0.05) is 18.2 Å². The third kappa shape index (κ3) is 2.54. The third-order valence-corrected chi connectivity index (χ3v) is 2.38. The minimum Gasteiger partial charge on any atom is -0.467 e. The van der Waals surface area contributed by atoms with E-state index in [9.17, 15) is 0 Å². The molecule has 0 aliphatic rings. The summed E-state index contributed by atoms with van der Waals surface area (Å²) >= 11 is 0. The Bertz CT molecular complexity index is 523. The van der Waals surface area contributed by atoms with Gasteiger partial charge in [0, 0.05) is 12.1 Å². The van der Waals surface area contributed by atoms with Gasteiger partial charge in [0.25, 0.3) is 0 Å². The van der Waals surface area contributed by atoms with E-state index in [1.807, 2.05) is 24.3 Å². The summed E-state index contributed by atoms with van der Waals surface area (Å²) in [5.74, 6) is 0.494. The number of hydrogen-bond donors (Lipinski definition) is 1. The third-order valence-electron chi connectivity index (χ3n) is 2.38. The summed E-state index contributed by atoms with van der Waals surface area (Å²) in [5, 5.41) is 0. The van der Waals surface area contributed by atoms with Crippen molar-refractivity contribution in [3.05, 3.63) is 29.8 Å². The van der Waals surface area contributed by atoms with Crippen molar-refractivity contribution in [2.45, 2.75) is 6.54 Å². The maximum atomic E-state index is 5.61. The van der Waals surface area contributed by atoms with Crippen LogP contribution in [0.2, 0.25) is 0 Å². The molecule has 2 aromatic rings. The molecule has 0 aliphatic carbocycles. The molecule has 18 heavy (non-hydrogen) atoms. The Labute approximate surface area is 105 Å². The lowest BCUT2D eigenvalue weighted by atomic mass is 10.1. The van der Waals surface area contributed by atoms with Crippen molar-refractivity contribution in [2.75, 3.05) is 14.2 Å². The maximum absolute atomic E-state index is 5.61. The molecule has 0 aliphatic heterocycles. The number of aromatic nitrogens is 3. The summed E-state index contributed by atoms with van der Waals surface area (Å²) in [4.78, 5) is 12.3. The summed E-state index contributed by atoms with van der Waals surface area (Å²) in [6.07, 6.45) is 0. The van der Waals surface area contributed by atoms with Crippen LogP contribution in [0.3, 0.4) is 0 Å². The Balaban J connectivity index is 2.48. The summed E-state index contributed by atoms with van der Waals surface area (Å²) in [6, 6.07) is 8.10. The van der Waals surface area contributed by atoms with E-state index in [0.29, 0.717) is 12.4 Å². The number of nitrogens with zero attached hydrogens (tertiary/aromatic N) is 3. The van der Waals surface area contributed by atoms with E-state index < -0.39 is 0 Å². The molecule has 6 heteroatoms. The molecule has 6 nitrogen and oxygen atoms in total. The van der Waals surface area contributed by atoms with Crippen LogP contribution in [-0.2, 0) is 6.54 Å². The first-order valence-electron chi connectivity index (χ1n) is 5.40. The number of methoxy groups -OCH3 is 2. The summed E-state index contributed by atoms with van der Waals surface area (Å²) in [7, 11) is 2.99. The highest BCUT2D eigenvalue weighted by molar-refractivity contribution is 5.56. The van der Waals surface area contributed by atoms with Gasteiger partial charge in [-0.15, -0.1) is 4.98 Å². The lowest BCUT2D eigenvalue weighted by molar-refractivity contribution is 0.341. The Morgan fingerprint density at radius 1 is 1.06 bits per heavy atom. The van der Waals surface area contributed by atoms with Crippen LogP contribution in [0.4, 0.5) is 0 Å². The first kappa shape index (κ1) is 12.3. The van der Waals surface area contributed by atoms with Gasteiger partial charge in [0.15, 0.2) is 5.82 Å². The maximum Gasteiger partial charge on any atom is 0.322 e. The molecular weight excluding hydrogens is 232 g/mol. The van der Waals surface area contributed by atoms with Gasteiger partial charge < -0.3 is 15.2 Å². The van der Waals surface area contributed by atoms with Crippen LogP contribution in [0.15, 0.2) is 24.3 Å². The molecule has 0 saturated carbocycles. The van der Waals surface area contributed by atoms with E-state index in [0.717, 1.165) is 11.1 Å². The average Bonchev–Trinajstić information content (AvgIpc) is 2.46. The quantitative estimate of drug-likeness (QED) is 0.867. The molecule has 0 radical (unpaired) electrons. The van der Waals surface area contributed by atoms with Crippen LogP contribution in [0.5, 0.6) is 12.0 Å². The highest BCUT2D eigenvalue weighted by atomic mass is 16.5. The number of benzene rings is 1. The molecule has 2 rings (SSSR count). The fourth-order valence-electron chi connectivity index (χ4n) is 1.49. The van der Waals surface area contributed by atoms with Crippen molar-refractivity contribution in [3.63, 3.8) is 0 Å². The number of nitrogens with two attached hydrogens (primary N) is 1. The molecule has 1 aromatic carbocycles. The van der Waals surface area contributed by atoms with Crippen molar-refractivity contribution >= 4 is 0 Å². The molecule has 0 unspecified atom stereocenters.